The van der Waals surface area contributed by atoms with E-state index in [4.69, 9.17) is 0 Å². The van der Waals surface area contributed by atoms with Crippen molar-refractivity contribution >= 4 is 11.3 Å². The van der Waals surface area contributed by atoms with E-state index in [0.717, 1.165) is 12.6 Å². The fourth-order valence-corrected chi connectivity index (χ4v) is 2.89. The topological polar surface area (TPSA) is 15.3 Å². The van der Waals surface area contributed by atoms with Crippen molar-refractivity contribution in [3.63, 3.8) is 0 Å². The quantitative estimate of drug-likeness (QED) is 0.652. The highest BCUT2D eigenvalue weighted by molar-refractivity contribution is 7.07. The van der Waals surface area contributed by atoms with Gasteiger partial charge in [0.15, 0.2) is 0 Å². The van der Waals surface area contributed by atoms with Gasteiger partial charge >= 0.3 is 0 Å². The molecular formula is C15H26N2S. The van der Waals surface area contributed by atoms with E-state index >= 15 is 0 Å². The highest BCUT2D eigenvalue weighted by atomic mass is 32.1. The molecule has 0 atom stereocenters. The summed E-state index contributed by atoms with van der Waals surface area (Å²) >= 11 is 1.79. The van der Waals surface area contributed by atoms with Gasteiger partial charge in [-0.25, -0.2) is 0 Å². The molecule has 1 aromatic heterocycles. The molecule has 2 nitrogen and oxygen atoms in total. The third-order valence-corrected chi connectivity index (χ3v) is 4.24. The minimum Gasteiger partial charge on any atom is -0.314 e. The number of unbranched alkanes of at least 4 members (excludes halogenated alkanes) is 3. The van der Waals surface area contributed by atoms with Crippen LogP contribution in [0.4, 0.5) is 0 Å². The van der Waals surface area contributed by atoms with Crippen LogP contribution in [-0.2, 0) is 6.54 Å². The lowest BCUT2D eigenvalue weighted by Gasteiger charge is -2.15. The van der Waals surface area contributed by atoms with E-state index in [9.17, 15) is 0 Å². The molecule has 3 heteroatoms. The van der Waals surface area contributed by atoms with Crippen molar-refractivity contribution in [2.45, 2.75) is 51.1 Å². The Labute approximate surface area is 115 Å². The molecule has 1 aliphatic rings. The summed E-state index contributed by atoms with van der Waals surface area (Å²) in [7, 11) is 2.23. The Bertz CT molecular complexity index is 306. The first kappa shape index (κ1) is 14.0. The molecule has 0 aliphatic heterocycles. The molecule has 2 rings (SSSR count). The first-order valence-corrected chi connectivity index (χ1v) is 8.22. The molecule has 102 valence electrons. The molecule has 1 saturated carbocycles. The lowest BCUT2D eigenvalue weighted by Crippen LogP contribution is -2.19. The SMILES string of the molecule is CN(CCCCCCNC1CC1)Cc1ccsc1. The van der Waals surface area contributed by atoms with Gasteiger partial charge in [0.05, 0.1) is 0 Å². The van der Waals surface area contributed by atoms with Crippen LogP contribution in [0.25, 0.3) is 0 Å². The zero-order valence-electron chi connectivity index (χ0n) is 11.5. The van der Waals surface area contributed by atoms with Crippen LogP contribution >= 0.6 is 11.3 Å². The summed E-state index contributed by atoms with van der Waals surface area (Å²) in [5.74, 6) is 0. The number of nitrogens with zero attached hydrogens (tertiary/aromatic N) is 1. The summed E-state index contributed by atoms with van der Waals surface area (Å²) in [5, 5.41) is 7.99. The van der Waals surface area contributed by atoms with Gasteiger partial charge in [0.2, 0.25) is 0 Å². The maximum atomic E-state index is 3.58. The Balaban J connectivity index is 1.39. The Hall–Kier alpha value is -0.380. The van der Waals surface area contributed by atoms with Crippen molar-refractivity contribution in [2.75, 3.05) is 20.1 Å². The van der Waals surface area contributed by atoms with Crippen molar-refractivity contribution < 1.29 is 0 Å². The van der Waals surface area contributed by atoms with Gasteiger partial charge < -0.3 is 10.2 Å². The highest BCUT2D eigenvalue weighted by Crippen LogP contribution is 2.18. The normalized spacial score (nSPS) is 15.4. The van der Waals surface area contributed by atoms with Crippen LogP contribution < -0.4 is 5.32 Å². The van der Waals surface area contributed by atoms with Crippen molar-refractivity contribution in [3.05, 3.63) is 22.4 Å². The molecule has 0 saturated heterocycles. The predicted octanol–water partition coefficient (Wildman–Crippen LogP) is 3.49. The Kier molecular flexibility index (Phi) is 6.18. The average molecular weight is 266 g/mol. The Morgan fingerprint density at radius 2 is 2.11 bits per heavy atom. The van der Waals surface area contributed by atoms with E-state index in [1.165, 1.54) is 57.2 Å². The molecule has 1 heterocycles. The molecular weight excluding hydrogens is 240 g/mol. The Morgan fingerprint density at radius 1 is 1.28 bits per heavy atom. The second-order valence-corrected chi connectivity index (χ2v) is 6.29. The molecule has 1 N–H and O–H groups in total. The smallest absolute Gasteiger partial charge is 0.0238 e. The van der Waals surface area contributed by atoms with Crippen LogP contribution in [0.15, 0.2) is 16.8 Å². The third-order valence-electron chi connectivity index (χ3n) is 3.51. The molecule has 0 unspecified atom stereocenters. The van der Waals surface area contributed by atoms with E-state index in [1.54, 1.807) is 11.3 Å². The predicted molar refractivity (Wildman–Crippen MR) is 80.1 cm³/mol. The van der Waals surface area contributed by atoms with Gasteiger partial charge in [-0.2, -0.15) is 11.3 Å². The minimum atomic E-state index is 0.877. The fourth-order valence-electron chi connectivity index (χ4n) is 2.23. The molecule has 0 spiro atoms. The maximum absolute atomic E-state index is 3.58. The van der Waals surface area contributed by atoms with Gasteiger partial charge in [0, 0.05) is 12.6 Å². The number of hydrogen-bond acceptors (Lipinski definition) is 3. The highest BCUT2D eigenvalue weighted by Gasteiger charge is 2.19. The second kappa shape index (κ2) is 7.93. The minimum absolute atomic E-state index is 0.877. The molecule has 0 aromatic carbocycles. The summed E-state index contributed by atoms with van der Waals surface area (Å²) in [5.41, 5.74) is 1.45. The van der Waals surface area contributed by atoms with Crippen LogP contribution in [-0.4, -0.2) is 31.1 Å². The standard InChI is InChI=1S/C15H26N2S/c1-17(12-14-8-11-18-13-14)10-5-3-2-4-9-16-15-6-7-15/h8,11,13,15-16H,2-7,9-10,12H2,1H3. The monoisotopic (exact) mass is 266 g/mol. The Morgan fingerprint density at radius 3 is 2.83 bits per heavy atom. The van der Waals surface area contributed by atoms with Crippen molar-refractivity contribution in [1.82, 2.24) is 10.2 Å². The zero-order chi connectivity index (χ0) is 12.6. The lowest BCUT2D eigenvalue weighted by atomic mass is 10.2. The molecule has 0 bridgehead atoms. The van der Waals surface area contributed by atoms with Crippen LogP contribution in [0.1, 0.15) is 44.1 Å². The average Bonchev–Trinajstić information content (AvgIpc) is 3.04. The largest absolute Gasteiger partial charge is 0.314 e. The zero-order valence-corrected chi connectivity index (χ0v) is 12.3. The fraction of sp³-hybridized carbons (Fsp3) is 0.733. The van der Waals surface area contributed by atoms with Gasteiger partial charge in [-0.3, -0.25) is 0 Å². The van der Waals surface area contributed by atoms with E-state index < -0.39 is 0 Å². The molecule has 1 aromatic rings. The van der Waals surface area contributed by atoms with Crippen LogP contribution in [0.3, 0.4) is 0 Å². The summed E-state index contributed by atoms with van der Waals surface area (Å²) in [6, 6.07) is 3.10. The summed E-state index contributed by atoms with van der Waals surface area (Å²) in [4.78, 5) is 2.44. The summed E-state index contributed by atoms with van der Waals surface area (Å²) < 4.78 is 0. The van der Waals surface area contributed by atoms with Crippen molar-refractivity contribution in [3.8, 4) is 0 Å². The van der Waals surface area contributed by atoms with Crippen LogP contribution in [0, 0.1) is 0 Å². The molecule has 0 amide bonds. The molecule has 1 aliphatic carbocycles. The number of thiophene rings is 1. The summed E-state index contributed by atoms with van der Waals surface area (Å²) in [6.07, 6.45) is 8.27. The van der Waals surface area contributed by atoms with Gasteiger partial charge in [-0.15, -0.1) is 0 Å². The molecule has 0 radical (unpaired) electrons. The maximum Gasteiger partial charge on any atom is 0.0238 e. The second-order valence-electron chi connectivity index (χ2n) is 5.51. The first-order valence-electron chi connectivity index (χ1n) is 7.27. The molecule has 1 fully saturated rings. The van der Waals surface area contributed by atoms with Gasteiger partial charge in [0.1, 0.15) is 0 Å². The van der Waals surface area contributed by atoms with Gasteiger partial charge in [-0.05, 0) is 68.2 Å². The van der Waals surface area contributed by atoms with E-state index in [-0.39, 0.29) is 0 Å². The van der Waals surface area contributed by atoms with Crippen molar-refractivity contribution in [2.24, 2.45) is 0 Å². The molecule has 18 heavy (non-hydrogen) atoms. The van der Waals surface area contributed by atoms with E-state index in [1.807, 2.05) is 0 Å². The number of nitrogens with one attached hydrogen (secondary N) is 1. The van der Waals surface area contributed by atoms with E-state index in [0.29, 0.717) is 0 Å². The number of rotatable bonds is 10. The lowest BCUT2D eigenvalue weighted by molar-refractivity contribution is 0.317. The van der Waals surface area contributed by atoms with Gasteiger partial charge in [-0.1, -0.05) is 12.8 Å². The third kappa shape index (κ3) is 5.98. The summed E-state index contributed by atoms with van der Waals surface area (Å²) in [6.45, 7) is 3.56. The van der Waals surface area contributed by atoms with Crippen molar-refractivity contribution in [1.29, 1.82) is 0 Å². The first-order chi connectivity index (χ1) is 8.84. The van der Waals surface area contributed by atoms with Crippen LogP contribution in [0.2, 0.25) is 0 Å². The number of hydrogen-bond donors (Lipinski definition) is 1. The van der Waals surface area contributed by atoms with Crippen LogP contribution in [0.5, 0.6) is 0 Å². The van der Waals surface area contributed by atoms with Gasteiger partial charge in [0.25, 0.3) is 0 Å². The van der Waals surface area contributed by atoms with E-state index in [2.05, 4.69) is 34.1 Å².